The molecule has 126 valence electrons. The number of nitrogens with zero attached hydrogens (tertiary/aromatic N) is 3. The number of rotatable bonds is 4. The molecule has 1 aliphatic rings. The first-order chi connectivity index (χ1) is 11.7. The third kappa shape index (κ3) is 3.64. The topological polar surface area (TPSA) is 53.5 Å². The number of thiophene rings is 1. The molecule has 1 aliphatic heterocycles. The third-order valence-electron chi connectivity index (χ3n) is 4.30. The van der Waals surface area contributed by atoms with Gasteiger partial charge >= 0.3 is 0 Å². The molecule has 0 aromatic carbocycles. The summed E-state index contributed by atoms with van der Waals surface area (Å²) in [6.07, 6.45) is 6.14. The fraction of sp³-hybridized carbons (Fsp3) is 0.389. The van der Waals surface area contributed by atoms with Crippen molar-refractivity contribution < 1.29 is 9.59 Å². The number of aromatic nitrogens is 1. The van der Waals surface area contributed by atoms with Gasteiger partial charge < -0.3 is 9.80 Å². The molecular weight excluding hydrogens is 322 g/mol. The van der Waals surface area contributed by atoms with Crippen LogP contribution in [0.3, 0.4) is 0 Å². The first kappa shape index (κ1) is 16.6. The van der Waals surface area contributed by atoms with E-state index in [1.54, 1.807) is 29.2 Å². The van der Waals surface area contributed by atoms with Gasteiger partial charge in [0.05, 0.1) is 4.88 Å². The predicted octanol–water partition coefficient (Wildman–Crippen LogP) is 2.80. The van der Waals surface area contributed by atoms with Crippen LogP contribution in [0.5, 0.6) is 0 Å². The smallest absolute Gasteiger partial charge is 0.264 e. The Morgan fingerprint density at radius 3 is 2.92 bits per heavy atom. The molecule has 24 heavy (non-hydrogen) atoms. The Kier molecular flexibility index (Phi) is 5.25. The standard InChI is InChI=1S/C18H21N3O2S/c1-20(13-14-6-4-9-19-12-14)17(22)15-7-2-3-10-21(15)18(23)16-8-5-11-24-16/h4-6,8-9,11-12,15H,2-3,7,10,13H2,1H3. The second-order valence-electron chi connectivity index (χ2n) is 6.04. The zero-order chi connectivity index (χ0) is 16.9. The molecule has 0 N–H and O–H groups in total. The van der Waals surface area contributed by atoms with Gasteiger partial charge in [-0.25, -0.2) is 0 Å². The van der Waals surface area contributed by atoms with Crippen LogP contribution in [0.25, 0.3) is 0 Å². The Morgan fingerprint density at radius 2 is 2.21 bits per heavy atom. The summed E-state index contributed by atoms with van der Waals surface area (Å²) in [5, 5.41) is 1.89. The molecule has 0 radical (unpaired) electrons. The number of carbonyl (C=O) groups excluding carboxylic acids is 2. The summed E-state index contributed by atoms with van der Waals surface area (Å²) in [5.41, 5.74) is 0.986. The van der Waals surface area contributed by atoms with Gasteiger partial charge in [-0.2, -0.15) is 0 Å². The lowest BCUT2D eigenvalue weighted by Gasteiger charge is -2.36. The van der Waals surface area contributed by atoms with E-state index in [9.17, 15) is 9.59 Å². The molecule has 1 atom stereocenters. The number of likely N-dealkylation sites (N-methyl/N-ethyl adjacent to an activating group) is 1. The van der Waals surface area contributed by atoms with Crippen molar-refractivity contribution in [3.63, 3.8) is 0 Å². The highest BCUT2D eigenvalue weighted by molar-refractivity contribution is 7.12. The summed E-state index contributed by atoms with van der Waals surface area (Å²) >= 11 is 1.43. The molecule has 0 bridgehead atoms. The SMILES string of the molecule is CN(Cc1cccnc1)C(=O)C1CCCCN1C(=O)c1cccs1. The molecule has 1 fully saturated rings. The van der Waals surface area contributed by atoms with Crippen molar-refractivity contribution in [1.29, 1.82) is 0 Å². The average molecular weight is 343 g/mol. The van der Waals surface area contributed by atoms with Gasteiger partial charge in [-0.05, 0) is 42.3 Å². The van der Waals surface area contributed by atoms with Gasteiger partial charge in [0.25, 0.3) is 5.91 Å². The molecule has 1 saturated heterocycles. The van der Waals surface area contributed by atoms with E-state index in [1.165, 1.54) is 11.3 Å². The van der Waals surface area contributed by atoms with Crippen LogP contribution in [0.1, 0.15) is 34.5 Å². The zero-order valence-corrected chi connectivity index (χ0v) is 14.5. The zero-order valence-electron chi connectivity index (χ0n) is 13.7. The van der Waals surface area contributed by atoms with Crippen LogP contribution in [-0.2, 0) is 11.3 Å². The number of hydrogen-bond acceptors (Lipinski definition) is 4. The minimum Gasteiger partial charge on any atom is -0.340 e. The molecular formula is C18H21N3O2S. The number of hydrogen-bond donors (Lipinski definition) is 0. The van der Waals surface area contributed by atoms with Crippen molar-refractivity contribution in [2.75, 3.05) is 13.6 Å². The van der Waals surface area contributed by atoms with Gasteiger partial charge in [-0.3, -0.25) is 14.6 Å². The molecule has 5 nitrogen and oxygen atoms in total. The maximum absolute atomic E-state index is 12.9. The van der Waals surface area contributed by atoms with Crippen LogP contribution in [0, 0.1) is 0 Å². The number of amides is 2. The van der Waals surface area contributed by atoms with Gasteiger partial charge in [0, 0.05) is 32.5 Å². The predicted molar refractivity (Wildman–Crippen MR) is 93.7 cm³/mol. The highest BCUT2D eigenvalue weighted by Gasteiger charge is 2.34. The largest absolute Gasteiger partial charge is 0.340 e. The highest BCUT2D eigenvalue weighted by atomic mass is 32.1. The van der Waals surface area contributed by atoms with E-state index in [2.05, 4.69) is 4.98 Å². The maximum Gasteiger partial charge on any atom is 0.264 e. The number of piperidine rings is 1. The fourth-order valence-electron chi connectivity index (χ4n) is 3.07. The fourth-order valence-corrected chi connectivity index (χ4v) is 3.75. The van der Waals surface area contributed by atoms with Gasteiger partial charge in [0.2, 0.25) is 5.91 Å². The van der Waals surface area contributed by atoms with E-state index in [1.807, 2.05) is 29.6 Å². The third-order valence-corrected chi connectivity index (χ3v) is 5.16. The Labute approximate surface area is 145 Å². The van der Waals surface area contributed by atoms with Crippen LogP contribution in [-0.4, -0.2) is 46.2 Å². The quantitative estimate of drug-likeness (QED) is 0.858. The lowest BCUT2D eigenvalue weighted by atomic mass is 10.0. The van der Waals surface area contributed by atoms with E-state index in [-0.39, 0.29) is 17.9 Å². The summed E-state index contributed by atoms with van der Waals surface area (Å²) in [5.74, 6) is -0.0266. The number of likely N-dealkylation sites (tertiary alicyclic amines) is 1. The molecule has 0 spiro atoms. The van der Waals surface area contributed by atoms with Crippen molar-refractivity contribution in [3.8, 4) is 0 Å². The Hall–Kier alpha value is -2.21. The van der Waals surface area contributed by atoms with Crippen LogP contribution >= 0.6 is 11.3 Å². The average Bonchev–Trinajstić information content (AvgIpc) is 3.16. The summed E-state index contributed by atoms with van der Waals surface area (Å²) in [7, 11) is 1.79. The molecule has 0 aliphatic carbocycles. The van der Waals surface area contributed by atoms with Crippen molar-refractivity contribution in [1.82, 2.24) is 14.8 Å². The molecule has 1 unspecified atom stereocenters. The van der Waals surface area contributed by atoms with E-state index in [0.717, 1.165) is 24.8 Å². The molecule has 2 aromatic rings. The Bertz CT molecular complexity index is 688. The van der Waals surface area contributed by atoms with Crippen molar-refractivity contribution in [3.05, 3.63) is 52.5 Å². The lowest BCUT2D eigenvalue weighted by Crippen LogP contribution is -2.52. The summed E-state index contributed by atoms with van der Waals surface area (Å²) < 4.78 is 0. The first-order valence-corrected chi connectivity index (χ1v) is 9.03. The van der Waals surface area contributed by atoms with Crippen LogP contribution in [0.2, 0.25) is 0 Å². The minimum atomic E-state index is -0.366. The van der Waals surface area contributed by atoms with Crippen LogP contribution in [0.4, 0.5) is 0 Å². The van der Waals surface area contributed by atoms with Gasteiger partial charge in [-0.1, -0.05) is 12.1 Å². The van der Waals surface area contributed by atoms with Crippen molar-refractivity contribution >= 4 is 23.2 Å². The van der Waals surface area contributed by atoms with E-state index in [4.69, 9.17) is 0 Å². The maximum atomic E-state index is 12.9. The second kappa shape index (κ2) is 7.57. The minimum absolute atomic E-state index is 0.00320. The van der Waals surface area contributed by atoms with Crippen molar-refractivity contribution in [2.24, 2.45) is 0 Å². The van der Waals surface area contributed by atoms with E-state index in [0.29, 0.717) is 18.0 Å². The molecule has 2 amide bonds. The second-order valence-corrected chi connectivity index (χ2v) is 6.99. The molecule has 6 heteroatoms. The van der Waals surface area contributed by atoms with Gasteiger partial charge in [0.1, 0.15) is 6.04 Å². The molecule has 3 heterocycles. The molecule has 3 rings (SSSR count). The van der Waals surface area contributed by atoms with Crippen molar-refractivity contribution in [2.45, 2.75) is 31.8 Å². The molecule has 0 saturated carbocycles. The van der Waals surface area contributed by atoms with Gasteiger partial charge in [-0.15, -0.1) is 11.3 Å². The number of pyridine rings is 1. The Balaban J connectivity index is 1.72. The molecule has 2 aromatic heterocycles. The Morgan fingerprint density at radius 1 is 1.33 bits per heavy atom. The normalized spacial score (nSPS) is 17.5. The monoisotopic (exact) mass is 343 g/mol. The highest BCUT2D eigenvalue weighted by Crippen LogP contribution is 2.23. The lowest BCUT2D eigenvalue weighted by molar-refractivity contribution is -0.136. The van der Waals surface area contributed by atoms with Crippen LogP contribution < -0.4 is 0 Å². The van der Waals surface area contributed by atoms with Crippen LogP contribution in [0.15, 0.2) is 42.0 Å². The number of carbonyl (C=O) groups is 2. The van der Waals surface area contributed by atoms with E-state index >= 15 is 0 Å². The van der Waals surface area contributed by atoms with Gasteiger partial charge in [0.15, 0.2) is 0 Å². The first-order valence-electron chi connectivity index (χ1n) is 8.15. The van der Waals surface area contributed by atoms with E-state index < -0.39 is 0 Å². The summed E-state index contributed by atoms with van der Waals surface area (Å²) in [4.78, 5) is 33.8. The summed E-state index contributed by atoms with van der Waals surface area (Å²) in [6, 6.07) is 7.14. The summed E-state index contributed by atoms with van der Waals surface area (Å²) in [6.45, 7) is 1.15.